The maximum Gasteiger partial charge on any atom is 0.308 e. The summed E-state index contributed by atoms with van der Waals surface area (Å²) in [6, 6.07) is 0. The number of aliphatic hydroxyl groups is 2. The summed E-state index contributed by atoms with van der Waals surface area (Å²) in [6.45, 7) is 8.99. The van der Waals surface area contributed by atoms with E-state index in [1.807, 2.05) is 13.8 Å². The Morgan fingerprint density at radius 1 is 1.14 bits per heavy atom. The van der Waals surface area contributed by atoms with E-state index in [-0.39, 0.29) is 48.6 Å². The molecule has 0 bridgehead atoms. The van der Waals surface area contributed by atoms with Crippen LogP contribution < -0.4 is 5.32 Å². The van der Waals surface area contributed by atoms with Crippen LogP contribution in [0.1, 0.15) is 98.3 Å². The van der Waals surface area contributed by atoms with Crippen LogP contribution in [-0.2, 0) is 14.3 Å². The molecule has 3 N–H and O–H groups in total. The van der Waals surface area contributed by atoms with E-state index in [2.05, 4.69) is 37.4 Å². The lowest BCUT2D eigenvalue weighted by Crippen LogP contribution is -2.41. The molecule has 3 rings (SSSR count). The highest BCUT2D eigenvalue weighted by molar-refractivity contribution is 5.76. The van der Waals surface area contributed by atoms with Gasteiger partial charge >= 0.3 is 5.97 Å². The van der Waals surface area contributed by atoms with Crippen LogP contribution in [0.3, 0.4) is 0 Å². The molecule has 1 fully saturated rings. The Bertz CT molecular complexity index is 801. The number of rotatable bonds is 12. The number of carbonyl (C=O) groups excluding carboxylic acids is 2. The molecule has 0 unspecified atom stereocenters. The molecule has 1 saturated carbocycles. The lowest BCUT2D eigenvalue weighted by Gasteiger charge is -2.43. The van der Waals surface area contributed by atoms with Crippen molar-refractivity contribution in [2.45, 2.75) is 117 Å². The van der Waals surface area contributed by atoms with Crippen molar-refractivity contribution < 1.29 is 24.5 Å². The molecule has 210 valence electrons. The van der Waals surface area contributed by atoms with Gasteiger partial charge in [0.15, 0.2) is 0 Å². The summed E-state index contributed by atoms with van der Waals surface area (Å²) in [4.78, 5) is 25.0. The smallest absolute Gasteiger partial charge is 0.308 e. The van der Waals surface area contributed by atoms with Gasteiger partial charge < -0.3 is 20.3 Å². The van der Waals surface area contributed by atoms with E-state index in [1.54, 1.807) is 0 Å². The Kier molecular flexibility index (Phi) is 11.7. The van der Waals surface area contributed by atoms with E-state index < -0.39 is 12.2 Å². The second-order valence-corrected chi connectivity index (χ2v) is 12.2. The highest BCUT2D eigenvalue weighted by atomic mass is 16.5. The first-order valence-electron chi connectivity index (χ1n) is 14.9. The molecule has 3 aliphatic carbocycles. The number of hydrogen-bond acceptors (Lipinski definition) is 5. The number of amides is 1. The molecule has 3 aliphatic rings. The second-order valence-electron chi connectivity index (χ2n) is 12.2. The number of ether oxygens (including phenoxy) is 1. The first kappa shape index (κ1) is 29.9. The molecule has 0 aromatic rings. The summed E-state index contributed by atoms with van der Waals surface area (Å²) >= 11 is 0. The Balaban J connectivity index is 1.51. The Morgan fingerprint density at radius 2 is 1.86 bits per heavy atom. The zero-order valence-electron chi connectivity index (χ0n) is 23.5. The van der Waals surface area contributed by atoms with E-state index >= 15 is 0 Å². The molecule has 6 heteroatoms. The highest BCUT2D eigenvalue weighted by Crippen LogP contribution is 2.45. The third-order valence-corrected chi connectivity index (χ3v) is 8.99. The highest BCUT2D eigenvalue weighted by Gasteiger charge is 2.41. The van der Waals surface area contributed by atoms with Crippen LogP contribution in [0.15, 0.2) is 23.8 Å². The van der Waals surface area contributed by atoms with Crippen molar-refractivity contribution in [3.8, 4) is 0 Å². The van der Waals surface area contributed by atoms with Gasteiger partial charge in [0.2, 0.25) is 5.91 Å². The molecule has 0 aliphatic heterocycles. The lowest BCUT2D eigenvalue weighted by atomic mass is 9.65. The molecule has 8 atom stereocenters. The molecule has 37 heavy (non-hydrogen) atoms. The van der Waals surface area contributed by atoms with Crippen molar-refractivity contribution in [1.82, 2.24) is 5.32 Å². The third kappa shape index (κ3) is 8.95. The summed E-state index contributed by atoms with van der Waals surface area (Å²) in [7, 11) is 0. The number of allylic oxidation sites excluding steroid dienone is 3. The second kappa shape index (κ2) is 14.5. The fourth-order valence-corrected chi connectivity index (χ4v) is 6.49. The van der Waals surface area contributed by atoms with Gasteiger partial charge in [-0.05, 0) is 74.2 Å². The SMILES string of the molecule is CC[C@H](C)C(=O)O[C@H]1C[C@@H](C)C=C2C=C[C@H](C)[C@H](CC[C@@H](O)C[C@@H](O)CC(=O)NCC3CCCCC3)[C@H]21. The van der Waals surface area contributed by atoms with E-state index in [0.29, 0.717) is 30.7 Å². The van der Waals surface area contributed by atoms with Crippen molar-refractivity contribution in [3.05, 3.63) is 23.8 Å². The lowest BCUT2D eigenvalue weighted by molar-refractivity contribution is -0.158. The molecule has 0 radical (unpaired) electrons. The van der Waals surface area contributed by atoms with Gasteiger partial charge in [-0.15, -0.1) is 0 Å². The Morgan fingerprint density at radius 3 is 2.57 bits per heavy atom. The van der Waals surface area contributed by atoms with E-state index in [4.69, 9.17) is 4.74 Å². The molecule has 0 aromatic carbocycles. The number of hydrogen-bond donors (Lipinski definition) is 3. The van der Waals surface area contributed by atoms with Crippen LogP contribution in [0.4, 0.5) is 0 Å². The van der Waals surface area contributed by atoms with Gasteiger partial charge in [-0.2, -0.15) is 0 Å². The van der Waals surface area contributed by atoms with Crippen LogP contribution in [0.2, 0.25) is 0 Å². The number of carbonyl (C=O) groups is 2. The van der Waals surface area contributed by atoms with E-state index in [0.717, 1.165) is 19.3 Å². The summed E-state index contributed by atoms with van der Waals surface area (Å²) in [5.74, 6) is 1.24. The van der Waals surface area contributed by atoms with Crippen molar-refractivity contribution in [1.29, 1.82) is 0 Å². The Labute approximate surface area is 224 Å². The largest absolute Gasteiger partial charge is 0.461 e. The van der Waals surface area contributed by atoms with Gasteiger partial charge in [-0.3, -0.25) is 9.59 Å². The number of fused-ring (bicyclic) bond motifs is 1. The molecule has 6 nitrogen and oxygen atoms in total. The average molecular weight is 518 g/mol. The van der Waals surface area contributed by atoms with Crippen LogP contribution >= 0.6 is 0 Å². The Hall–Kier alpha value is -1.66. The number of esters is 1. The molecular formula is C31H51NO5. The van der Waals surface area contributed by atoms with Gasteiger partial charge in [0.05, 0.1) is 24.5 Å². The van der Waals surface area contributed by atoms with Crippen LogP contribution in [0, 0.1) is 35.5 Å². The zero-order chi connectivity index (χ0) is 26.9. The molecule has 0 heterocycles. The van der Waals surface area contributed by atoms with E-state index in [9.17, 15) is 19.8 Å². The van der Waals surface area contributed by atoms with Gasteiger partial charge in [-0.25, -0.2) is 0 Å². The molecular weight excluding hydrogens is 466 g/mol. The first-order chi connectivity index (χ1) is 17.7. The molecule has 1 amide bonds. The van der Waals surface area contributed by atoms with Crippen molar-refractivity contribution >= 4 is 11.9 Å². The monoisotopic (exact) mass is 517 g/mol. The summed E-state index contributed by atoms with van der Waals surface area (Å²) < 4.78 is 6.08. The van der Waals surface area contributed by atoms with Gasteiger partial charge in [-0.1, -0.05) is 65.2 Å². The standard InChI is InChI=1S/C31H51NO5/c1-5-21(3)31(36)37-28-16-20(2)15-24-12-11-22(4)27(30(24)28)14-13-25(33)17-26(34)18-29(35)32-19-23-9-7-6-8-10-23/h11-12,15,20-23,25-28,30,33-34H,5-10,13-14,16-19H2,1-4H3,(H,32,35)/t20-,21-,22-,25+,26+,27-,28-,30-/m0/s1. The first-order valence-corrected chi connectivity index (χ1v) is 14.9. The minimum atomic E-state index is -0.847. The maximum absolute atomic E-state index is 12.7. The molecule has 0 saturated heterocycles. The summed E-state index contributed by atoms with van der Waals surface area (Å²) in [5.41, 5.74) is 1.24. The normalized spacial score (nSPS) is 30.5. The third-order valence-electron chi connectivity index (χ3n) is 8.99. The molecule has 0 aromatic heterocycles. The fourth-order valence-electron chi connectivity index (χ4n) is 6.49. The summed E-state index contributed by atoms with van der Waals surface area (Å²) in [6.07, 6.45) is 14.3. The topological polar surface area (TPSA) is 95.9 Å². The van der Waals surface area contributed by atoms with Crippen LogP contribution in [-0.4, -0.2) is 46.9 Å². The zero-order valence-corrected chi connectivity index (χ0v) is 23.5. The van der Waals surface area contributed by atoms with Gasteiger partial charge in [0.25, 0.3) is 0 Å². The molecule has 0 spiro atoms. The minimum absolute atomic E-state index is 0.0351. The van der Waals surface area contributed by atoms with Crippen molar-refractivity contribution in [3.63, 3.8) is 0 Å². The van der Waals surface area contributed by atoms with Gasteiger partial charge in [0, 0.05) is 12.5 Å². The van der Waals surface area contributed by atoms with Gasteiger partial charge in [0.1, 0.15) is 6.10 Å². The van der Waals surface area contributed by atoms with Crippen LogP contribution in [0.5, 0.6) is 0 Å². The van der Waals surface area contributed by atoms with E-state index in [1.165, 1.54) is 37.7 Å². The predicted molar refractivity (Wildman–Crippen MR) is 147 cm³/mol. The minimum Gasteiger partial charge on any atom is -0.461 e. The average Bonchev–Trinajstić information content (AvgIpc) is 2.86. The summed E-state index contributed by atoms with van der Waals surface area (Å²) in [5, 5.41) is 24.2. The van der Waals surface area contributed by atoms with Crippen LogP contribution in [0.25, 0.3) is 0 Å². The predicted octanol–water partition coefficient (Wildman–Crippen LogP) is 5.33. The fraction of sp³-hybridized carbons (Fsp3) is 0.806. The number of nitrogens with one attached hydrogen (secondary N) is 1. The van der Waals surface area contributed by atoms with Crippen molar-refractivity contribution in [2.24, 2.45) is 35.5 Å². The number of aliphatic hydroxyl groups excluding tert-OH is 2. The quantitative estimate of drug-likeness (QED) is 0.304. The maximum atomic E-state index is 12.7. The van der Waals surface area contributed by atoms with Crippen molar-refractivity contribution in [2.75, 3.05) is 6.54 Å².